The molecule has 0 atom stereocenters. The number of hydrogen-bond acceptors (Lipinski definition) is 4. The smallest absolute Gasteiger partial charge is 0.0810 e. The largest absolute Gasteiger partial charge is 0.375 e. The van der Waals surface area contributed by atoms with Gasteiger partial charge in [-0.2, -0.15) is 0 Å². The molecule has 0 spiro atoms. The van der Waals surface area contributed by atoms with Crippen LogP contribution in [0.25, 0.3) is 21.6 Å². The van der Waals surface area contributed by atoms with Crippen LogP contribution in [0.5, 0.6) is 0 Å². The molecule has 1 aliphatic rings. The summed E-state index contributed by atoms with van der Waals surface area (Å²) in [6.07, 6.45) is 0. The van der Waals surface area contributed by atoms with Crippen LogP contribution in [0, 0.1) is 13.8 Å². The molecule has 0 saturated carbocycles. The van der Waals surface area contributed by atoms with Gasteiger partial charge in [0.05, 0.1) is 13.2 Å². The topological polar surface area (TPSA) is 12.5 Å². The van der Waals surface area contributed by atoms with Crippen molar-refractivity contribution in [3.63, 3.8) is 0 Å². The fraction of sp³-hybridized carbons (Fsp3) is 0.304. The summed E-state index contributed by atoms with van der Waals surface area (Å²) in [6, 6.07) is 15.7. The number of thiophene rings is 1. The average molecular weight is 396 g/mol. The molecule has 140 valence electrons. The molecule has 0 radical (unpaired) electrons. The lowest BCUT2D eigenvalue weighted by Gasteiger charge is -2.11. The lowest BCUT2D eigenvalue weighted by molar-refractivity contribution is 0.107. The third-order valence-electron chi connectivity index (χ3n) is 4.76. The molecule has 4 rings (SSSR count). The van der Waals surface area contributed by atoms with Gasteiger partial charge in [-0.15, -0.1) is 11.3 Å². The Morgan fingerprint density at radius 2 is 1.78 bits per heavy atom. The summed E-state index contributed by atoms with van der Waals surface area (Å²) in [5, 5.41) is 0. The number of hydrogen-bond donors (Lipinski definition) is 0. The summed E-state index contributed by atoms with van der Waals surface area (Å²) >= 11 is 3.78. The van der Waals surface area contributed by atoms with Crippen molar-refractivity contribution in [2.24, 2.45) is 0 Å². The molecule has 2 aromatic carbocycles. The van der Waals surface area contributed by atoms with Gasteiger partial charge >= 0.3 is 0 Å². The van der Waals surface area contributed by atoms with Crippen LogP contribution in [0.4, 0.5) is 0 Å². The van der Waals surface area contributed by atoms with Crippen molar-refractivity contribution < 1.29 is 4.74 Å². The highest BCUT2D eigenvalue weighted by Crippen LogP contribution is 2.52. The summed E-state index contributed by atoms with van der Waals surface area (Å²) in [5.41, 5.74) is 6.73. The molecule has 1 aromatic heterocycles. The van der Waals surface area contributed by atoms with Crippen molar-refractivity contribution >= 4 is 23.1 Å². The second kappa shape index (κ2) is 7.80. The molecule has 0 unspecified atom stereocenters. The summed E-state index contributed by atoms with van der Waals surface area (Å²) in [4.78, 5) is 7.54. The molecule has 1 aliphatic heterocycles. The van der Waals surface area contributed by atoms with E-state index in [1.54, 1.807) is 0 Å². The van der Waals surface area contributed by atoms with Crippen LogP contribution < -0.4 is 0 Å². The molecular formula is C23H25NOS2. The van der Waals surface area contributed by atoms with Crippen molar-refractivity contribution in [1.29, 1.82) is 0 Å². The first-order chi connectivity index (χ1) is 13.0. The minimum Gasteiger partial charge on any atom is -0.375 e. The lowest BCUT2D eigenvalue weighted by Crippen LogP contribution is -2.17. The number of nitrogens with zero attached hydrogens (tertiary/aromatic N) is 1. The maximum Gasteiger partial charge on any atom is 0.0810 e. The molecule has 27 heavy (non-hydrogen) atoms. The molecule has 2 nitrogen and oxygen atoms in total. The van der Waals surface area contributed by atoms with Gasteiger partial charge in [-0.25, -0.2) is 0 Å². The van der Waals surface area contributed by atoms with Crippen molar-refractivity contribution in [1.82, 2.24) is 4.90 Å². The second-order valence-electron chi connectivity index (χ2n) is 7.37. The van der Waals surface area contributed by atoms with Gasteiger partial charge in [-0.3, -0.25) is 0 Å². The zero-order valence-electron chi connectivity index (χ0n) is 16.3. The number of aryl methyl sites for hydroxylation is 2. The Morgan fingerprint density at radius 3 is 2.59 bits per heavy atom. The molecule has 0 aliphatic carbocycles. The number of fused-ring (bicyclic) bond motifs is 5. The van der Waals surface area contributed by atoms with E-state index in [0.29, 0.717) is 6.61 Å². The molecule has 0 amide bonds. The number of ether oxygens (including phenoxy) is 1. The Hall–Kier alpha value is -1.59. The second-order valence-corrected chi connectivity index (χ2v) is 9.56. The summed E-state index contributed by atoms with van der Waals surface area (Å²) in [7, 11) is 4.15. The fourth-order valence-electron chi connectivity index (χ4n) is 3.48. The zero-order chi connectivity index (χ0) is 19.0. The van der Waals surface area contributed by atoms with Crippen LogP contribution in [0.2, 0.25) is 0 Å². The maximum absolute atomic E-state index is 5.93. The molecule has 0 saturated heterocycles. The van der Waals surface area contributed by atoms with E-state index >= 15 is 0 Å². The standard InChI is InChI=1S/C23H25NOS2/c1-15-11-16(2)22-20(12-15)23-19(18-7-5-6-8-21(18)27-22)13-17(26-23)14-25-10-9-24(3)4/h5-8,11-13H,9-10,14H2,1-4H3. The van der Waals surface area contributed by atoms with Crippen LogP contribution in [-0.4, -0.2) is 32.1 Å². The van der Waals surface area contributed by atoms with E-state index in [1.165, 1.54) is 47.4 Å². The van der Waals surface area contributed by atoms with Crippen LogP contribution in [-0.2, 0) is 11.3 Å². The van der Waals surface area contributed by atoms with Crippen LogP contribution in [0.1, 0.15) is 16.0 Å². The SMILES string of the molecule is Cc1cc(C)c2c(c1)-c1sc(COCCN(C)C)cc1-c1ccccc1S2. The van der Waals surface area contributed by atoms with E-state index in [2.05, 4.69) is 75.3 Å². The lowest BCUT2D eigenvalue weighted by atomic mass is 10.00. The quantitative estimate of drug-likeness (QED) is 0.371. The van der Waals surface area contributed by atoms with Gasteiger partial charge in [0.25, 0.3) is 0 Å². The van der Waals surface area contributed by atoms with Gasteiger partial charge in [0.15, 0.2) is 0 Å². The first-order valence-electron chi connectivity index (χ1n) is 9.27. The van der Waals surface area contributed by atoms with Crippen molar-refractivity contribution in [3.8, 4) is 21.6 Å². The summed E-state index contributed by atoms with van der Waals surface area (Å²) in [5.74, 6) is 0. The third kappa shape index (κ3) is 3.85. The molecule has 4 heteroatoms. The van der Waals surface area contributed by atoms with Crippen molar-refractivity contribution in [2.75, 3.05) is 27.2 Å². The number of rotatable bonds is 5. The Labute approximate surface area is 170 Å². The molecule has 0 fully saturated rings. The number of benzene rings is 2. The van der Waals surface area contributed by atoms with Crippen LogP contribution in [0.3, 0.4) is 0 Å². The first-order valence-corrected chi connectivity index (χ1v) is 10.9. The summed E-state index contributed by atoms with van der Waals surface area (Å²) in [6.45, 7) is 6.81. The maximum atomic E-state index is 5.93. The van der Waals surface area contributed by atoms with Crippen molar-refractivity contribution in [2.45, 2.75) is 30.2 Å². The van der Waals surface area contributed by atoms with Gasteiger partial charge in [-0.1, -0.05) is 41.6 Å². The van der Waals surface area contributed by atoms with E-state index in [1.807, 2.05) is 23.1 Å². The predicted octanol–water partition coefficient (Wildman–Crippen LogP) is 6.24. The van der Waals surface area contributed by atoms with Crippen molar-refractivity contribution in [3.05, 3.63) is 58.5 Å². The molecule has 3 aromatic rings. The molecular weight excluding hydrogens is 370 g/mol. The predicted molar refractivity (Wildman–Crippen MR) is 117 cm³/mol. The van der Waals surface area contributed by atoms with Gasteiger partial charge in [0, 0.05) is 37.2 Å². The Bertz CT molecular complexity index is 975. The highest BCUT2D eigenvalue weighted by molar-refractivity contribution is 7.99. The van der Waals surface area contributed by atoms with E-state index in [9.17, 15) is 0 Å². The Balaban J connectivity index is 1.77. The molecule has 2 heterocycles. The van der Waals surface area contributed by atoms with Crippen LogP contribution >= 0.6 is 23.1 Å². The minimum absolute atomic E-state index is 0.681. The average Bonchev–Trinajstić information content (AvgIpc) is 3.00. The van der Waals surface area contributed by atoms with E-state index in [0.717, 1.165) is 13.2 Å². The monoisotopic (exact) mass is 395 g/mol. The Kier molecular flexibility index (Phi) is 5.42. The normalized spacial score (nSPS) is 12.5. The first kappa shape index (κ1) is 18.8. The van der Waals surface area contributed by atoms with E-state index in [-0.39, 0.29) is 0 Å². The highest BCUT2D eigenvalue weighted by atomic mass is 32.2. The van der Waals surface area contributed by atoms with Gasteiger partial charge in [0.2, 0.25) is 0 Å². The highest BCUT2D eigenvalue weighted by Gasteiger charge is 2.23. The summed E-state index contributed by atoms with van der Waals surface area (Å²) < 4.78 is 5.93. The van der Waals surface area contributed by atoms with Crippen LogP contribution in [0.15, 0.2) is 52.3 Å². The fourth-order valence-corrected chi connectivity index (χ4v) is 5.82. The van der Waals surface area contributed by atoms with E-state index < -0.39 is 0 Å². The minimum atomic E-state index is 0.681. The number of likely N-dealkylation sites (N-methyl/N-ethyl adjacent to an activating group) is 1. The molecule has 0 N–H and O–H groups in total. The molecule has 0 bridgehead atoms. The Morgan fingerprint density at radius 1 is 0.963 bits per heavy atom. The van der Waals surface area contributed by atoms with Gasteiger partial charge < -0.3 is 9.64 Å². The zero-order valence-corrected chi connectivity index (χ0v) is 18.0. The van der Waals surface area contributed by atoms with Gasteiger partial charge in [-0.05, 0) is 57.3 Å². The van der Waals surface area contributed by atoms with E-state index in [4.69, 9.17) is 4.74 Å². The van der Waals surface area contributed by atoms with Gasteiger partial charge in [0.1, 0.15) is 0 Å². The third-order valence-corrected chi connectivity index (χ3v) is 7.23.